The van der Waals surface area contributed by atoms with Crippen molar-refractivity contribution in [2.24, 2.45) is 0 Å². The van der Waals surface area contributed by atoms with E-state index in [0.717, 1.165) is 64.2 Å². The molecule has 0 bridgehead atoms. The Hall–Kier alpha value is -1.22. The SMILES string of the molecule is CCCCCCCCCC/C=C\CCCCCCCC(O)CC(=O)NC(COP(=O)(O)OC1C(O)C(O)C(O)C(O)C1O)C(O)/C=C/CCCCCCCCCCCCCCCCCCC. The van der Waals surface area contributed by atoms with Crippen LogP contribution in [0.3, 0.4) is 0 Å². The van der Waals surface area contributed by atoms with Gasteiger partial charge in [-0.05, 0) is 44.9 Å². The van der Waals surface area contributed by atoms with Gasteiger partial charge in [-0.1, -0.05) is 212 Å². The first-order valence-corrected chi connectivity index (χ1v) is 28.4. The van der Waals surface area contributed by atoms with Crippen molar-refractivity contribution in [3.8, 4) is 0 Å². The molecule has 0 heterocycles. The summed E-state index contributed by atoms with van der Waals surface area (Å²) in [6.45, 7) is 3.77. The Morgan fingerprint density at radius 1 is 0.530 bits per heavy atom. The van der Waals surface area contributed by atoms with Crippen LogP contribution < -0.4 is 5.32 Å². The monoisotopic (exact) mass is 962 g/mol. The Labute approximate surface area is 401 Å². The molecule has 0 aromatic rings. The summed E-state index contributed by atoms with van der Waals surface area (Å²) in [4.78, 5) is 23.5. The Kier molecular flexibility index (Phi) is 39.5. The molecule has 1 rings (SSSR count). The number of carbonyl (C=O) groups is 1. The topological polar surface area (TPSA) is 226 Å². The number of carbonyl (C=O) groups excluding carboxylic acids is 1. The highest BCUT2D eigenvalue weighted by Gasteiger charge is 2.51. The normalized spacial score (nSPS) is 22.5. The molecule has 0 aromatic carbocycles. The predicted octanol–water partition coefficient (Wildman–Crippen LogP) is 10.3. The highest BCUT2D eigenvalue weighted by atomic mass is 31.2. The van der Waals surface area contributed by atoms with Gasteiger partial charge in [-0.15, -0.1) is 0 Å². The molecule has 390 valence electrons. The molecule has 0 aromatic heterocycles. The zero-order valence-corrected chi connectivity index (χ0v) is 42.5. The summed E-state index contributed by atoms with van der Waals surface area (Å²) in [7, 11) is -5.15. The third-order valence-electron chi connectivity index (χ3n) is 13.0. The van der Waals surface area contributed by atoms with Crippen molar-refractivity contribution in [1.29, 1.82) is 0 Å². The second-order valence-corrected chi connectivity index (χ2v) is 20.7. The molecular weight excluding hydrogens is 862 g/mol. The van der Waals surface area contributed by atoms with Crippen LogP contribution in [-0.2, 0) is 18.4 Å². The number of unbranched alkanes of at least 4 members (excludes halogenated alkanes) is 30. The van der Waals surface area contributed by atoms with E-state index in [0.29, 0.717) is 12.8 Å². The molecule has 1 aliphatic carbocycles. The van der Waals surface area contributed by atoms with Gasteiger partial charge in [-0.25, -0.2) is 4.57 Å². The van der Waals surface area contributed by atoms with E-state index < -0.39 is 75.2 Å². The number of rotatable bonds is 45. The lowest BCUT2D eigenvalue weighted by Crippen LogP contribution is -2.64. The Bertz CT molecular complexity index is 1230. The molecule has 1 saturated carbocycles. The van der Waals surface area contributed by atoms with Crippen LogP contribution in [-0.4, -0.2) is 108 Å². The molecule has 66 heavy (non-hydrogen) atoms. The van der Waals surface area contributed by atoms with Crippen molar-refractivity contribution >= 4 is 13.7 Å². The van der Waals surface area contributed by atoms with Crippen molar-refractivity contribution in [3.05, 3.63) is 24.3 Å². The standard InChI is InChI=1S/C52H100NO12P/c1-3-5-7-9-11-13-15-17-19-21-22-24-26-28-30-32-34-36-38-40-45(55)44(42-64-66(62,63)65-52-50(60)48(58)47(57)49(59)51(52)61)53-46(56)41-43(54)39-37-35-33-31-29-27-25-23-20-18-16-14-12-10-8-6-4-2/h23,25,38,40,43-45,47-52,54-55,57-61H,3-22,24,26-37,39,41-42H2,1-2H3,(H,53,56)(H,62,63)/b25-23-,40-38+. The highest BCUT2D eigenvalue weighted by molar-refractivity contribution is 7.47. The second kappa shape index (κ2) is 41.6. The number of aliphatic hydroxyl groups excluding tert-OH is 7. The summed E-state index contributed by atoms with van der Waals surface area (Å²) in [6, 6.07) is -1.24. The third-order valence-corrected chi connectivity index (χ3v) is 14.0. The summed E-state index contributed by atoms with van der Waals surface area (Å²) < 4.78 is 23.0. The van der Waals surface area contributed by atoms with Gasteiger partial charge in [0.15, 0.2) is 0 Å². The number of phosphoric ester groups is 1. The first-order valence-electron chi connectivity index (χ1n) is 26.9. The van der Waals surface area contributed by atoms with Gasteiger partial charge in [-0.2, -0.15) is 0 Å². The van der Waals surface area contributed by atoms with Crippen LogP contribution in [0.25, 0.3) is 0 Å². The lowest BCUT2D eigenvalue weighted by molar-refractivity contribution is -0.220. The number of hydrogen-bond acceptors (Lipinski definition) is 11. The quantitative estimate of drug-likeness (QED) is 0.0158. The van der Waals surface area contributed by atoms with Crippen LogP contribution in [0.15, 0.2) is 24.3 Å². The molecule has 1 fully saturated rings. The summed E-state index contributed by atoms with van der Waals surface area (Å²) >= 11 is 0. The number of allylic oxidation sites excluding steroid dienone is 3. The lowest BCUT2D eigenvalue weighted by Gasteiger charge is -2.41. The maximum atomic E-state index is 13.1. The van der Waals surface area contributed by atoms with Crippen molar-refractivity contribution in [3.63, 3.8) is 0 Å². The first kappa shape index (κ1) is 62.8. The van der Waals surface area contributed by atoms with Gasteiger partial charge < -0.3 is 46.0 Å². The molecule has 1 aliphatic rings. The molecule has 0 radical (unpaired) electrons. The fraction of sp³-hybridized carbons (Fsp3) is 0.904. The van der Waals surface area contributed by atoms with Crippen LogP contribution in [0.5, 0.6) is 0 Å². The van der Waals surface area contributed by atoms with Crippen LogP contribution in [0.2, 0.25) is 0 Å². The van der Waals surface area contributed by atoms with Crippen molar-refractivity contribution in [2.75, 3.05) is 6.61 Å². The van der Waals surface area contributed by atoms with Crippen LogP contribution in [0.4, 0.5) is 0 Å². The first-order chi connectivity index (χ1) is 31.8. The van der Waals surface area contributed by atoms with Crippen LogP contribution in [0, 0.1) is 0 Å². The van der Waals surface area contributed by atoms with E-state index in [4.69, 9.17) is 9.05 Å². The number of amides is 1. The Morgan fingerprint density at radius 3 is 1.29 bits per heavy atom. The van der Waals surface area contributed by atoms with Gasteiger partial charge in [0.05, 0.1) is 31.3 Å². The predicted molar refractivity (Wildman–Crippen MR) is 266 cm³/mol. The molecule has 0 spiro atoms. The number of phosphoric acid groups is 1. The maximum absolute atomic E-state index is 13.1. The zero-order chi connectivity index (χ0) is 48.7. The van der Waals surface area contributed by atoms with Gasteiger partial charge in [0.2, 0.25) is 5.91 Å². The van der Waals surface area contributed by atoms with Gasteiger partial charge in [0.25, 0.3) is 0 Å². The molecule has 1 amide bonds. The van der Waals surface area contributed by atoms with Crippen LogP contribution >= 0.6 is 7.82 Å². The smallest absolute Gasteiger partial charge is 0.393 e. The van der Waals surface area contributed by atoms with E-state index in [2.05, 4.69) is 31.3 Å². The molecule has 13 nitrogen and oxygen atoms in total. The van der Waals surface area contributed by atoms with E-state index in [-0.39, 0.29) is 6.42 Å². The molecule has 8 unspecified atom stereocenters. The summed E-state index contributed by atoms with van der Waals surface area (Å²) in [5.74, 6) is -0.595. The number of nitrogens with one attached hydrogen (secondary N) is 1. The fourth-order valence-corrected chi connectivity index (χ4v) is 9.62. The summed E-state index contributed by atoms with van der Waals surface area (Å²) in [6.07, 6.45) is 34.0. The number of aliphatic hydroxyl groups is 7. The minimum atomic E-state index is -5.15. The average Bonchev–Trinajstić information content (AvgIpc) is 3.29. The summed E-state index contributed by atoms with van der Waals surface area (Å²) in [5, 5.41) is 74.7. The van der Waals surface area contributed by atoms with Crippen molar-refractivity contribution in [1.82, 2.24) is 5.32 Å². The molecule has 0 saturated heterocycles. The molecule has 9 N–H and O–H groups in total. The van der Waals surface area contributed by atoms with E-state index in [1.165, 1.54) is 147 Å². The number of hydrogen-bond donors (Lipinski definition) is 9. The third kappa shape index (κ3) is 32.6. The minimum Gasteiger partial charge on any atom is -0.393 e. The Morgan fingerprint density at radius 2 is 0.879 bits per heavy atom. The lowest BCUT2D eigenvalue weighted by atomic mass is 9.85. The molecular formula is C52H100NO12P. The fourth-order valence-electron chi connectivity index (χ4n) is 8.65. The van der Waals surface area contributed by atoms with E-state index in [1.54, 1.807) is 6.08 Å². The molecule has 0 aliphatic heterocycles. The maximum Gasteiger partial charge on any atom is 0.472 e. The molecule has 8 atom stereocenters. The van der Waals surface area contributed by atoms with E-state index in [9.17, 15) is 50.0 Å². The van der Waals surface area contributed by atoms with Crippen molar-refractivity contribution < 1.29 is 59.0 Å². The van der Waals surface area contributed by atoms with E-state index >= 15 is 0 Å². The van der Waals surface area contributed by atoms with Crippen LogP contribution in [0.1, 0.15) is 239 Å². The highest BCUT2D eigenvalue weighted by Crippen LogP contribution is 2.47. The molecule has 14 heteroatoms. The minimum absolute atomic E-state index is 0.248. The largest absolute Gasteiger partial charge is 0.472 e. The van der Waals surface area contributed by atoms with Gasteiger partial charge in [0.1, 0.15) is 36.6 Å². The zero-order valence-electron chi connectivity index (χ0n) is 41.6. The van der Waals surface area contributed by atoms with Gasteiger partial charge in [0, 0.05) is 0 Å². The summed E-state index contributed by atoms with van der Waals surface area (Å²) in [5.41, 5.74) is 0. The van der Waals surface area contributed by atoms with E-state index in [1.807, 2.05) is 0 Å². The van der Waals surface area contributed by atoms with Gasteiger partial charge in [-0.3, -0.25) is 13.8 Å². The van der Waals surface area contributed by atoms with Gasteiger partial charge >= 0.3 is 7.82 Å². The van der Waals surface area contributed by atoms with Crippen molar-refractivity contribution in [2.45, 2.75) is 293 Å². The Balaban J connectivity index is 2.48. The average molecular weight is 962 g/mol. The second-order valence-electron chi connectivity index (χ2n) is 19.3.